The van der Waals surface area contributed by atoms with Crippen LogP contribution >= 0.6 is 15.9 Å². The summed E-state index contributed by atoms with van der Waals surface area (Å²) in [5, 5.41) is 0. The molecule has 0 aliphatic carbocycles. The Morgan fingerprint density at radius 3 is 2.38 bits per heavy atom. The molecule has 0 atom stereocenters. The highest BCUT2D eigenvalue weighted by molar-refractivity contribution is 9.10. The van der Waals surface area contributed by atoms with Crippen molar-refractivity contribution in [2.24, 2.45) is 0 Å². The second kappa shape index (κ2) is 3.74. The van der Waals surface area contributed by atoms with Crippen molar-refractivity contribution in [3.63, 3.8) is 0 Å². The van der Waals surface area contributed by atoms with Crippen molar-refractivity contribution in [3.05, 3.63) is 34.3 Å². The van der Waals surface area contributed by atoms with E-state index in [0.29, 0.717) is 5.56 Å². The summed E-state index contributed by atoms with van der Waals surface area (Å²) in [5.41, 5.74) is -0.430. The monoisotopic (exact) mass is 248 g/mol. The molecule has 0 heterocycles. The molecule has 1 aromatic rings. The minimum Gasteiger partial charge on any atom is -0.210 e. The SMILES string of the molecule is CC(C)(c1cccc(Br)c1)C(F)F. The molecule has 1 aromatic carbocycles. The van der Waals surface area contributed by atoms with Gasteiger partial charge in [0, 0.05) is 4.47 Å². The molecule has 1 rings (SSSR count). The Hall–Kier alpha value is -0.440. The van der Waals surface area contributed by atoms with E-state index in [2.05, 4.69) is 15.9 Å². The van der Waals surface area contributed by atoms with Crippen molar-refractivity contribution >= 4 is 15.9 Å². The van der Waals surface area contributed by atoms with Crippen LogP contribution in [-0.4, -0.2) is 6.43 Å². The molecule has 13 heavy (non-hydrogen) atoms. The summed E-state index contributed by atoms with van der Waals surface area (Å²) < 4.78 is 26.1. The minimum absolute atomic E-state index is 0.650. The quantitative estimate of drug-likeness (QED) is 0.743. The van der Waals surface area contributed by atoms with Gasteiger partial charge in [0.1, 0.15) is 0 Å². The summed E-state index contributed by atoms with van der Waals surface area (Å²) in [6.07, 6.45) is -2.35. The molecule has 0 saturated heterocycles. The molecule has 0 aliphatic rings. The van der Waals surface area contributed by atoms with E-state index in [1.165, 1.54) is 0 Å². The Balaban J connectivity index is 3.07. The fraction of sp³-hybridized carbons (Fsp3) is 0.400. The van der Waals surface area contributed by atoms with Gasteiger partial charge in [-0.2, -0.15) is 0 Å². The standard InChI is InChI=1S/C10H11BrF2/c1-10(2,9(12)13)7-4-3-5-8(11)6-7/h3-6,9H,1-2H3. The normalized spacial score (nSPS) is 12.2. The lowest BCUT2D eigenvalue weighted by atomic mass is 9.85. The average molecular weight is 249 g/mol. The highest BCUT2D eigenvalue weighted by Crippen LogP contribution is 2.31. The van der Waals surface area contributed by atoms with Gasteiger partial charge in [-0.05, 0) is 17.7 Å². The lowest BCUT2D eigenvalue weighted by Crippen LogP contribution is -2.26. The topological polar surface area (TPSA) is 0 Å². The molecule has 0 unspecified atom stereocenters. The van der Waals surface area contributed by atoms with Gasteiger partial charge >= 0.3 is 0 Å². The van der Waals surface area contributed by atoms with Gasteiger partial charge in [-0.3, -0.25) is 0 Å². The summed E-state index contributed by atoms with van der Waals surface area (Å²) in [6.45, 7) is 3.08. The van der Waals surface area contributed by atoms with E-state index in [0.717, 1.165) is 4.47 Å². The molecule has 0 bridgehead atoms. The van der Waals surface area contributed by atoms with Crippen LogP contribution < -0.4 is 0 Å². The average Bonchev–Trinajstić information content (AvgIpc) is 2.04. The first-order valence-electron chi connectivity index (χ1n) is 3.99. The van der Waals surface area contributed by atoms with Crippen molar-refractivity contribution in [2.45, 2.75) is 25.7 Å². The molecule has 0 N–H and O–H groups in total. The van der Waals surface area contributed by atoms with Crippen LogP contribution in [0.15, 0.2) is 28.7 Å². The third-order valence-corrected chi connectivity index (χ3v) is 2.61. The number of rotatable bonds is 2. The number of alkyl halides is 2. The maximum atomic E-state index is 12.6. The number of benzene rings is 1. The Morgan fingerprint density at radius 2 is 1.92 bits per heavy atom. The van der Waals surface area contributed by atoms with Crippen molar-refractivity contribution in [3.8, 4) is 0 Å². The number of halogens is 3. The first-order chi connectivity index (χ1) is 5.94. The van der Waals surface area contributed by atoms with Crippen LogP contribution in [0.4, 0.5) is 8.78 Å². The highest BCUT2D eigenvalue weighted by Gasteiger charge is 2.31. The Morgan fingerprint density at radius 1 is 1.31 bits per heavy atom. The van der Waals surface area contributed by atoms with Gasteiger partial charge in [0.15, 0.2) is 0 Å². The Kier molecular flexibility index (Phi) is 3.06. The first-order valence-corrected chi connectivity index (χ1v) is 4.78. The second-order valence-corrected chi connectivity index (χ2v) is 4.45. The Labute approximate surface area is 85.1 Å². The molecule has 0 aromatic heterocycles. The predicted molar refractivity (Wildman–Crippen MR) is 53.2 cm³/mol. The van der Waals surface area contributed by atoms with Crippen molar-refractivity contribution in [1.29, 1.82) is 0 Å². The molecule has 0 aliphatic heterocycles. The summed E-state index contributed by atoms with van der Waals surface area (Å²) in [7, 11) is 0. The minimum atomic E-state index is -2.35. The fourth-order valence-corrected chi connectivity index (χ4v) is 1.41. The molecule has 0 nitrogen and oxygen atoms in total. The lowest BCUT2D eigenvalue weighted by Gasteiger charge is -2.24. The number of hydrogen-bond acceptors (Lipinski definition) is 0. The molecule has 0 radical (unpaired) electrons. The van der Waals surface area contributed by atoms with Crippen molar-refractivity contribution in [1.82, 2.24) is 0 Å². The van der Waals surface area contributed by atoms with Gasteiger partial charge in [0.2, 0.25) is 6.43 Å². The zero-order chi connectivity index (χ0) is 10.1. The van der Waals surface area contributed by atoms with Gasteiger partial charge in [-0.25, -0.2) is 8.78 Å². The molecule has 72 valence electrons. The maximum Gasteiger partial charge on any atom is 0.247 e. The summed E-state index contributed by atoms with van der Waals surface area (Å²) in [6, 6.07) is 7.04. The molecule has 0 saturated carbocycles. The van der Waals surface area contributed by atoms with Crippen LogP contribution in [0, 0.1) is 0 Å². The van der Waals surface area contributed by atoms with Crippen molar-refractivity contribution in [2.75, 3.05) is 0 Å². The third kappa shape index (κ3) is 2.27. The van der Waals surface area contributed by atoms with Crippen LogP contribution in [-0.2, 0) is 5.41 Å². The first kappa shape index (κ1) is 10.6. The number of hydrogen-bond donors (Lipinski definition) is 0. The van der Waals surface area contributed by atoms with Crippen molar-refractivity contribution < 1.29 is 8.78 Å². The lowest BCUT2D eigenvalue weighted by molar-refractivity contribution is 0.0694. The largest absolute Gasteiger partial charge is 0.247 e. The van der Waals surface area contributed by atoms with Gasteiger partial charge in [-0.1, -0.05) is 41.9 Å². The zero-order valence-electron chi connectivity index (χ0n) is 7.52. The maximum absolute atomic E-state index is 12.6. The molecule has 0 amide bonds. The van der Waals surface area contributed by atoms with E-state index < -0.39 is 11.8 Å². The summed E-state index contributed by atoms with van der Waals surface area (Å²) >= 11 is 3.26. The van der Waals surface area contributed by atoms with Crippen LogP contribution in [0.1, 0.15) is 19.4 Å². The smallest absolute Gasteiger partial charge is 0.210 e. The predicted octanol–water partition coefficient (Wildman–Crippen LogP) is 3.99. The van der Waals surface area contributed by atoms with Gasteiger partial charge in [0.25, 0.3) is 0 Å². The third-order valence-electron chi connectivity index (χ3n) is 2.11. The van der Waals surface area contributed by atoms with E-state index in [1.807, 2.05) is 6.07 Å². The van der Waals surface area contributed by atoms with Gasteiger partial charge < -0.3 is 0 Å². The van der Waals surface area contributed by atoms with E-state index in [9.17, 15) is 8.78 Å². The Bertz CT molecular complexity index is 295. The van der Waals surface area contributed by atoms with E-state index >= 15 is 0 Å². The zero-order valence-corrected chi connectivity index (χ0v) is 9.11. The fourth-order valence-electron chi connectivity index (χ4n) is 1.02. The molecular weight excluding hydrogens is 238 g/mol. The van der Waals surface area contributed by atoms with Crippen LogP contribution in [0.5, 0.6) is 0 Å². The second-order valence-electron chi connectivity index (χ2n) is 3.53. The van der Waals surface area contributed by atoms with E-state index in [4.69, 9.17) is 0 Å². The van der Waals surface area contributed by atoms with Crippen LogP contribution in [0.3, 0.4) is 0 Å². The van der Waals surface area contributed by atoms with E-state index in [-0.39, 0.29) is 0 Å². The molecule has 0 fully saturated rings. The van der Waals surface area contributed by atoms with Gasteiger partial charge in [0.05, 0.1) is 5.41 Å². The molecule has 3 heteroatoms. The van der Waals surface area contributed by atoms with Crippen LogP contribution in [0.2, 0.25) is 0 Å². The molecular formula is C10H11BrF2. The van der Waals surface area contributed by atoms with Crippen LogP contribution in [0.25, 0.3) is 0 Å². The summed E-state index contributed by atoms with van der Waals surface area (Å²) in [4.78, 5) is 0. The van der Waals surface area contributed by atoms with E-state index in [1.54, 1.807) is 32.0 Å². The molecule has 0 spiro atoms. The highest BCUT2D eigenvalue weighted by atomic mass is 79.9. The summed E-state index contributed by atoms with van der Waals surface area (Å²) in [5.74, 6) is 0. The van der Waals surface area contributed by atoms with Gasteiger partial charge in [-0.15, -0.1) is 0 Å².